The van der Waals surface area contributed by atoms with Gasteiger partial charge in [0.25, 0.3) is 5.91 Å². The van der Waals surface area contributed by atoms with E-state index >= 15 is 0 Å². The fourth-order valence-corrected chi connectivity index (χ4v) is 1.93. The monoisotopic (exact) mass is 322 g/mol. The van der Waals surface area contributed by atoms with Gasteiger partial charge in [0.15, 0.2) is 0 Å². The number of amides is 2. The first-order valence-corrected chi connectivity index (χ1v) is 6.90. The van der Waals surface area contributed by atoms with E-state index in [2.05, 4.69) is 10.6 Å². The lowest BCUT2D eigenvalue weighted by Gasteiger charge is -2.08. The maximum absolute atomic E-state index is 11.8. The Morgan fingerprint density at radius 2 is 1.62 bits per heavy atom. The number of rotatable bonds is 4. The summed E-state index contributed by atoms with van der Waals surface area (Å²) in [7, 11) is 0. The van der Waals surface area contributed by atoms with Crippen molar-refractivity contribution in [2.45, 2.75) is 0 Å². The van der Waals surface area contributed by atoms with Crippen LogP contribution in [0, 0.1) is 0 Å². The Hall–Kier alpha value is -2.04. The van der Waals surface area contributed by atoms with E-state index in [1.165, 1.54) is 0 Å². The van der Waals surface area contributed by atoms with Crippen LogP contribution < -0.4 is 10.6 Å². The van der Waals surface area contributed by atoms with Gasteiger partial charge in [-0.1, -0.05) is 35.3 Å². The molecule has 6 heteroatoms. The molecule has 0 saturated carbocycles. The number of hydrogen-bond donors (Lipinski definition) is 2. The van der Waals surface area contributed by atoms with Gasteiger partial charge in [-0.25, -0.2) is 0 Å². The van der Waals surface area contributed by atoms with E-state index in [1.807, 2.05) is 0 Å². The molecular formula is C15H12Cl2N2O2. The van der Waals surface area contributed by atoms with Gasteiger partial charge in [-0.05, 0) is 36.4 Å². The van der Waals surface area contributed by atoms with Gasteiger partial charge in [0.2, 0.25) is 5.91 Å². The summed E-state index contributed by atoms with van der Waals surface area (Å²) in [6.45, 7) is -0.146. The highest BCUT2D eigenvalue weighted by Gasteiger charge is 2.09. The normalized spacial score (nSPS) is 10.0. The standard InChI is InChI=1S/C15H12Cl2N2O2/c16-11-7-5-10(6-8-11)15(21)18-9-14(20)19-13-4-2-1-3-12(13)17/h1-8H,9H2,(H,18,21)(H,19,20). The maximum atomic E-state index is 11.8. The number of hydrogen-bond acceptors (Lipinski definition) is 2. The minimum Gasteiger partial charge on any atom is -0.343 e. The number of carbonyl (C=O) groups is 2. The zero-order chi connectivity index (χ0) is 15.2. The van der Waals surface area contributed by atoms with Crippen LogP contribution in [0.15, 0.2) is 48.5 Å². The summed E-state index contributed by atoms with van der Waals surface area (Å²) in [6, 6.07) is 13.3. The Bertz CT molecular complexity index is 657. The van der Waals surface area contributed by atoms with Crippen molar-refractivity contribution in [2.75, 3.05) is 11.9 Å². The zero-order valence-electron chi connectivity index (χ0n) is 10.9. The minimum absolute atomic E-state index is 0.146. The highest BCUT2D eigenvalue weighted by Crippen LogP contribution is 2.20. The lowest BCUT2D eigenvalue weighted by molar-refractivity contribution is -0.115. The Balaban J connectivity index is 1.88. The van der Waals surface area contributed by atoms with Crippen molar-refractivity contribution in [3.8, 4) is 0 Å². The van der Waals surface area contributed by atoms with Crippen LogP contribution >= 0.6 is 23.2 Å². The number of nitrogens with one attached hydrogen (secondary N) is 2. The molecule has 0 aromatic heterocycles. The first kappa shape index (κ1) is 15.4. The van der Waals surface area contributed by atoms with Crippen LogP contribution in [-0.4, -0.2) is 18.4 Å². The van der Waals surface area contributed by atoms with Crippen LogP contribution in [0.2, 0.25) is 10.0 Å². The third-order valence-electron chi connectivity index (χ3n) is 2.66. The van der Waals surface area contributed by atoms with Gasteiger partial charge >= 0.3 is 0 Å². The summed E-state index contributed by atoms with van der Waals surface area (Å²) in [4.78, 5) is 23.6. The second-order valence-corrected chi connectivity index (χ2v) is 5.06. The molecule has 2 rings (SSSR count). The SMILES string of the molecule is O=C(CNC(=O)c1ccc(Cl)cc1)Nc1ccccc1Cl. The van der Waals surface area contributed by atoms with Gasteiger partial charge in [-0.15, -0.1) is 0 Å². The van der Waals surface area contributed by atoms with E-state index in [1.54, 1.807) is 48.5 Å². The molecule has 0 radical (unpaired) electrons. The van der Waals surface area contributed by atoms with Crippen molar-refractivity contribution < 1.29 is 9.59 Å². The highest BCUT2D eigenvalue weighted by atomic mass is 35.5. The molecule has 0 spiro atoms. The topological polar surface area (TPSA) is 58.2 Å². The zero-order valence-corrected chi connectivity index (χ0v) is 12.4. The predicted molar refractivity (Wildman–Crippen MR) is 83.9 cm³/mol. The van der Waals surface area contributed by atoms with Crippen molar-refractivity contribution in [3.05, 3.63) is 64.1 Å². The van der Waals surface area contributed by atoms with E-state index in [0.717, 1.165) is 0 Å². The molecule has 21 heavy (non-hydrogen) atoms. The van der Waals surface area contributed by atoms with Gasteiger partial charge in [-0.3, -0.25) is 9.59 Å². The van der Waals surface area contributed by atoms with Crippen LogP contribution in [0.1, 0.15) is 10.4 Å². The van der Waals surface area contributed by atoms with Crippen LogP contribution in [0.5, 0.6) is 0 Å². The Morgan fingerprint density at radius 1 is 0.952 bits per heavy atom. The Morgan fingerprint density at radius 3 is 2.29 bits per heavy atom. The molecule has 0 saturated heterocycles. The molecule has 2 N–H and O–H groups in total. The van der Waals surface area contributed by atoms with Gasteiger partial charge in [0.05, 0.1) is 17.3 Å². The molecule has 0 unspecified atom stereocenters. The smallest absolute Gasteiger partial charge is 0.251 e. The number of halogens is 2. The number of para-hydroxylation sites is 1. The fourth-order valence-electron chi connectivity index (χ4n) is 1.62. The summed E-state index contributed by atoms with van der Waals surface area (Å²) in [5.41, 5.74) is 0.940. The molecule has 0 aliphatic rings. The first-order valence-electron chi connectivity index (χ1n) is 6.14. The molecular weight excluding hydrogens is 311 g/mol. The summed E-state index contributed by atoms with van der Waals surface area (Å²) >= 11 is 11.7. The van der Waals surface area contributed by atoms with E-state index in [0.29, 0.717) is 21.3 Å². The first-order chi connectivity index (χ1) is 10.1. The predicted octanol–water partition coefficient (Wildman–Crippen LogP) is 3.36. The van der Waals surface area contributed by atoms with Crippen LogP contribution in [0.4, 0.5) is 5.69 Å². The number of carbonyl (C=O) groups excluding carboxylic acids is 2. The number of anilines is 1. The van der Waals surface area contributed by atoms with Crippen molar-refractivity contribution in [1.29, 1.82) is 0 Å². The lowest BCUT2D eigenvalue weighted by Crippen LogP contribution is -2.32. The number of benzene rings is 2. The average Bonchev–Trinajstić information content (AvgIpc) is 2.48. The van der Waals surface area contributed by atoms with Gasteiger partial charge in [0, 0.05) is 10.6 Å². The lowest BCUT2D eigenvalue weighted by atomic mass is 10.2. The summed E-state index contributed by atoms with van der Waals surface area (Å²) < 4.78 is 0. The van der Waals surface area contributed by atoms with Gasteiger partial charge in [-0.2, -0.15) is 0 Å². The van der Waals surface area contributed by atoms with E-state index in [-0.39, 0.29) is 18.4 Å². The van der Waals surface area contributed by atoms with Crippen molar-refractivity contribution >= 4 is 40.7 Å². The molecule has 108 valence electrons. The molecule has 0 aliphatic carbocycles. The third kappa shape index (κ3) is 4.48. The van der Waals surface area contributed by atoms with Gasteiger partial charge < -0.3 is 10.6 Å². The van der Waals surface area contributed by atoms with Crippen molar-refractivity contribution in [2.24, 2.45) is 0 Å². The fraction of sp³-hybridized carbons (Fsp3) is 0.0667. The third-order valence-corrected chi connectivity index (χ3v) is 3.25. The van der Waals surface area contributed by atoms with Crippen LogP contribution in [0.3, 0.4) is 0 Å². The minimum atomic E-state index is -0.356. The summed E-state index contributed by atoms with van der Waals surface area (Å²) in [5.74, 6) is -0.702. The Kier molecular flexibility index (Phi) is 5.20. The molecule has 4 nitrogen and oxygen atoms in total. The maximum Gasteiger partial charge on any atom is 0.251 e. The second-order valence-electron chi connectivity index (χ2n) is 4.22. The molecule has 0 bridgehead atoms. The van der Waals surface area contributed by atoms with E-state index in [9.17, 15) is 9.59 Å². The largest absolute Gasteiger partial charge is 0.343 e. The molecule has 2 aromatic carbocycles. The van der Waals surface area contributed by atoms with Crippen LogP contribution in [-0.2, 0) is 4.79 Å². The molecule has 0 atom stereocenters. The highest BCUT2D eigenvalue weighted by molar-refractivity contribution is 6.33. The summed E-state index contributed by atoms with van der Waals surface area (Å²) in [6.07, 6.45) is 0. The van der Waals surface area contributed by atoms with Gasteiger partial charge in [0.1, 0.15) is 0 Å². The van der Waals surface area contributed by atoms with Crippen LogP contribution in [0.25, 0.3) is 0 Å². The molecule has 2 amide bonds. The average molecular weight is 323 g/mol. The quantitative estimate of drug-likeness (QED) is 0.906. The van der Waals surface area contributed by atoms with E-state index < -0.39 is 0 Å². The Labute approximate surface area is 132 Å². The second kappa shape index (κ2) is 7.11. The molecule has 2 aromatic rings. The molecule has 0 fully saturated rings. The summed E-state index contributed by atoms with van der Waals surface area (Å²) in [5, 5.41) is 6.12. The molecule has 0 aliphatic heterocycles. The van der Waals surface area contributed by atoms with E-state index in [4.69, 9.17) is 23.2 Å². The molecule has 0 heterocycles. The van der Waals surface area contributed by atoms with Crippen molar-refractivity contribution in [3.63, 3.8) is 0 Å². The van der Waals surface area contributed by atoms with Crippen molar-refractivity contribution in [1.82, 2.24) is 5.32 Å².